The van der Waals surface area contributed by atoms with Crippen LogP contribution in [0.5, 0.6) is 5.75 Å². The molecule has 0 fully saturated rings. The Morgan fingerprint density at radius 2 is 1.80 bits per heavy atom. The largest absolute Gasteiger partial charge is 0.422 e. The molecule has 0 amide bonds. The minimum absolute atomic E-state index is 0.0878. The molecule has 0 saturated carbocycles. The fourth-order valence-electron chi connectivity index (χ4n) is 2.43. The quantitative estimate of drug-likeness (QED) is 0.222. The van der Waals surface area contributed by atoms with Crippen molar-refractivity contribution >= 4 is 49.7 Å². The van der Waals surface area contributed by atoms with E-state index in [1.807, 2.05) is 6.92 Å². The van der Waals surface area contributed by atoms with Crippen LogP contribution in [0, 0.1) is 6.92 Å². The number of sulfonamides is 1. The van der Waals surface area contributed by atoms with Gasteiger partial charge >= 0.3 is 5.97 Å². The van der Waals surface area contributed by atoms with Gasteiger partial charge in [0.1, 0.15) is 5.75 Å². The van der Waals surface area contributed by atoms with Gasteiger partial charge in [-0.15, -0.1) is 0 Å². The molecule has 0 saturated heterocycles. The van der Waals surface area contributed by atoms with Gasteiger partial charge in [-0.25, -0.2) is 9.63 Å². The average Bonchev–Trinajstić information content (AvgIpc) is 2.70. The second kappa shape index (κ2) is 9.42. The lowest BCUT2D eigenvalue weighted by molar-refractivity contribution is 0.0734. The van der Waals surface area contributed by atoms with Crippen LogP contribution >= 0.6 is 27.5 Å². The van der Waals surface area contributed by atoms with Crippen LogP contribution in [0.25, 0.3) is 0 Å². The number of benzene rings is 3. The molecule has 0 aliphatic heterocycles. The van der Waals surface area contributed by atoms with Gasteiger partial charge < -0.3 is 4.74 Å². The number of aryl methyl sites for hydroxylation is 1. The Balaban J connectivity index is 1.81. The van der Waals surface area contributed by atoms with Crippen LogP contribution in [-0.2, 0) is 10.0 Å². The second-order valence-corrected chi connectivity index (χ2v) is 9.20. The van der Waals surface area contributed by atoms with Gasteiger partial charge in [0.2, 0.25) is 0 Å². The molecule has 0 aliphatic rings. The molecule has 0 atom stereocenters. The van der Waals surface area contributed by atoms with Gasteiger partial charge in [-0.05, 0) is 49.4 Å². The third-order valence-corrected chi connectivity index (χ3v) is 6.04. The summed E-state index contributed by atoms with van der Waals surface area (Å²) in [4.78, 5) is 14.7. The van der Waals surface area contributed by atoms with Gasteiger partial charge in [0, 0.05) is 10.0 Å². The summed E-state index contributed by atoms with van der Waals surface area (Å²) in [6, 6.07) is 17.8. The molecule has 1 N–H and O–H groups in total. The van der Waals surface area contributed by atoms with E-state index in [-0.39, 0.29) is 21.2 Å². The van der Waals surface area contributed by atoms with Crippen LogP contribution in [0.1, 0.15) is 21.5 Å². The highest BCUT2D eigenvalue weighted by atomic mass is 79.9. The zero-order chi connectivity index (χ0) is 21.7. The lowest BCUT2D eigenvalue weighted by Gasteiger charge is -2.09. The lowest BCUT2D eigenvalue weighted by atomic mass is 10.2. The highest BCUT2D eigenvalue weighted by Crippen LogP contribution is 2.24. The summed E-state index contributed by atoms with van der Waals surface area (Å²) in [7, 11) is -3.83. The van der Waals surface area contributed by atoms with E-state index in [4.69, 9.17) is 16.3 Å². The number of ether oxygens (including phenoxy) is 1. The third kappa shape index (κ3) is 5.47. The summed E-state index contributed by atoms with van der Waals surface area (Å²) >= 11 is 9.37. The van der Waals surface area contributed by atoms with Crippen LogP contribution in [0.4, 0.5) is 0 Å². The Labute approximate surface area is 187 Å². The zero-order valence-electron chi connectivity index (χ0n) is 15.7. The molecule has 30 heavy (non-hydrogen) atoms. The number of hydrogen-bond acceptors (Lipinski definition) is 5. The highest BCUT2D eigenvalue weighted by Gasteiger charge is 2.15. The predicted molar refractivity (Wildman–Crippen MR) is 120 cm³/mol. The van der Waals surface area contributed by atoms with E-state index >= 15 is 0 Å². The van der Waals surface area contributed by atoms with Crippen molar-refractivity contribution in [3.8, 4) is 5.75 Å². The third-order valence-electron chi connectivity index (χ3n) is 3.98. The smallest absolute Gasteiger partial charge is 0.345 e. The first-order chi connectivity index (χ1) is 14.3. The van der Waals surface area contributed by atoms with Crippen molar-refractivity contribution in [1.29, 1.82) is 0 Å². The van der Waals surface area contributed by atoms with Gasteiger partial charge in [0.15, 0.2) is 0 Å². The number of nitrogens with one attached hydrogen (secondary N) is 1. The molecule has 0 unspecified atom stereocenters. The minimum Gasteiger partial charge on any atom is -0.422 e. The lowest BCUT2D eigenvalue weighted by Crippen LogP contribution is -2.18. The van der Waals surface area contributed by atoms with Crippen molar-refractivity contribution in [3.05, 3.63) is 92.9 Å². The van der Waals surface area contributed by atoms with Crippen molar-refractivity contribution in [1.82, 2.24) is 4.83 Å². The fourth-order valence-corrected chi connectivity index (χ4v) is 3.81. The molecule has 3 aromatic rings. The van der Waals surface area contributed by atoms with E-state index in [2.05, 4.69) is 25.9 Å². The Bertz CT molecular complexity index is 1210. The number of carbonyl (C=O) groups is 1. The van der Waals surface area contributed by atoms with Crippen molar-refractivity contribution in [2.75, 3.05) is 0 Å². The molecule has 3 rings (SSSR count). The van der Waals surface area contributed by atoms with Crippen LogP contribution in [0.15, 0.2) is 81.2 Å². The van der Waals surface area contributed by atoms with Crippen LogP contribution in [0.3, 0.4) is 0 Å². The summed E-state index contributed by atoms with van der Waals surface area (Å²) < 4.78 is 30.8. The molecular formula is C21H16BrClN2O4S. The summed E-state index contributed by atoms with van der Waals surface area (Å²) in [5, 5.41) is 4.07. The summed E-state index contributed by atoms with van der Waals surface area (Å²) in [5.41, 5.74) is 1.54. The Morgan fingerprint density at radius 1 is 1.10 bits per heavy atom. The molecule has 6 nitrogen and oxygen atoms in total. The molecular weight excluding hydrogens is 492 g/mol. The topological polar surface area (TPSA) is 84.8 Å². The number of hydrogen-bond donors (Lipinski definition) is 1. The average molecular weight is 508 g/mol. The van der Waals surface area contributed by atoms with E-state index in [1.54, 1.807) is 54.6 Å². The Morgan fingerprint density at radius 3 is 2.50 bits per heavy atom. The number of carbonyl (C=O) groups excluding carboxylic acids is 1. The maximum Gasteiger partial charge on any atom is 0.345 e. The number of esters is 1. The van der Waals surface area contributed by atoms with Gasteiger partial charge in [0.05, 0.1) is 21.7 Å². The minimum atomic E-state index is -3.83. The Kier molecular flexibility index (Phi) is 6.91. The van der Waals surface area contributed by atoms with E-state index in [0.717, 1.165) is 5.56 Å². The van der Waals surface area contributed by atoms with E-state index < -0.39 is 16.0 Å². The van der Waals surface area contributed by atoms with E-state index in [1.165, 1.54) is 18.3 Å². The maximum atomic E-state index is 12.4. The molecule has 0 bridgehead atoms. The molecule has 0 radical (unpaired) electrons. The van der Waals surface area contributed by atoms with Crippen LogP contribution < -0.4 is 9.57 Å². The monoisotopic (exact) mass is 506 g/mol. The van der Waals surface area contributed by atoms with Crippen molar-refractivity contribution in [2.24, 2.45) is 5.10 Å². The number of hydrazone groups is 1. The molecule has 3 aromatic carbocycles. The highest BCUT2D eigenvalue weighted by molar-refractivity contribution is 9.10. The molecule has 0 spiro atoms. The predicted octanol–water partition coefficient (Wildman–Crippen LogP) is 4.94. The Hall–Kier alpha value is -2.68. The second-order valence-electron chi connectivity index (χ2n) is 6.22. The van der Waals surface area contributed by atoms with Gasteiger partial charge in [-0.3, -0.25) is 0 Å². The van der Waals surface area contributed by atoms with Gasteiger partial charge in [-0.2, -0.15) is 13.5 Å². The number of halogens is 2. The van der Waals surface area contributed by atoms with Crippen LogP contribution in [-0.4, -0.2) is 20.6 Å². The molecule has 0 aliphatic carbocycles. The number of rotatable bonds is 6. The molecule has 0 aromatic heterocycles. The molecule has 0 heterocycles. The summed E-state index contributed by atoms with van der Waals surface area (Å²) in [5.74, 6) is -0.445. The summed E-state index contributed by atoms with van der Waals surface area (Å²) in [6.45, 7) is 1.86. The standard InChI is InChI=1S/C21H16BrClN2O4S/c1-14-6-9-17(10-7-14)30(27,28)25-24-13-15-12-16(22)8-11-20(15)29-21(26)18-4-2-3-5-19(18)23/h2-13,25H,1H3/b24-13-. The van der Waals surface area contributed by atoms with Gasteiger partial charge in [-0.1, -0.05) is 57.4 Å². The first-order valence-electron chi connectivity index (χ1n) is 8.64. The SMILES string of the molecule is Cc1ccc(S(=O)(=O)N/N=C\c2cc(Br)ccc2OC(=O)c2ccccc2Cl)cc1. The van der Waals surface area contributed by atoms with Gasteiger partial charge in [0.25, 0.3) is 10.0 Å². The van der Waals surface area contributed by atoms with Crippen molar-refractivity contribution in [2.45, 2.75) is 11.8 Å². The summed E-state index contributed by atoms with van der Waals surface area (Å²) in [6.07, 6.45) is 1.26. The van der Waals surface area contributed by atoms with Crippen molar-refractivity contribution < 1.29 is 17.9 Å². The fraction of sp³-hybridized carbons (Fsp3) is 0.0476. The number of nitrogens with zero attached hydrogens (tertiary/aromatic N) is 1. The van der Waals surface area contributed by atoms with E-state index in [9.17, 15) is 13.2 Å². The van der Waals surface area contributed by atoms with E-state index in [0.29, 0.717) is 10.0 Å². The normalized spacial score (nSPS) is 11.4. The molecule has 154 valence electrons. The first-order valence-corrected chi connectivity index (χ1v) is 11.3. The van der Waals surface area contributed by atoms with Crippen molar-refractivity contribution in [3.63, 3.8) is 0 Å². The zero-order valence-corrected chi connectivity index (χ0v) is 18.8. The maximum absolute atomic E-state index is 12.4. The van der Waals surface area contributed by atoms with Crippen LogP contribution in [0.2, 0.25) is 5.02 Å². The molecule has 9 heteroatoms. The first kappa shape index (κ1) is 22.0.